The van der Waals surface area contributed by atoms with Gasteiger partial charge in [0.2, 0.25) is 0 Å². The van der Waals surface area contributed by atoms with E-state index in [0.717, 1.165) is 39.9 Å². The van der Waals surface area contributed by atoms with Gasteiger partial charge in [0, 0.05) is 31.1 Å². The van der Waals surface area contributed by atoms with Crippen molar-refractivity contribution in [3.8, 4) is 0 Å². The van der Waals surface area contributed by atoms with Crippen LogP contribution in [-0.2, 0) is 33.8 Å². The van der Waals surface area contributed by atoms with Crippen LogP contribution in [0.4, 0.5) is 4.79 Å². The Morgan fingerprint density at radius 3 is 2.08 bits per heavy atom. The number of ether oxygens (including phenoxy) is 2. The van der Waals surface area contributed by atoms with Crippen molar-refractivity contribution in [2.45, 2.75) is 57.0 Å². The minimum atomic E-state index is -0.630. The molecule has 0 bridgehead atoms. The first-order valence-electron chi connectivity index (χ1n) is 16.4. The summed E-state index contributed by atoms with van der Waals surface area (Å²) in [5.41, 5.74) is 5.71. The normalized spacial score (nSPS) is 19.8. The van der Waals surface area contributed by atoms with Crippen LogP contribution in [0, 0.1) is 0 Å². The Morgan fingerprint density at radius 2 is 1.46 bits per heavy atom. The summed E-state index contributed by atoms with van der Waals surface area (Å²) < 4.78 is 13.5. The quantitative estimate of drug-likeness (QED) is 0.140. The van der Waals surface area contributed by atoms with E-state index in [1.165, 1.54) is 6.92 Å². The molecule has 0 radical (unpaired) electrons. The van der Waals surface area contributed by atoms with E-state index in [0.29, 0.717) is 19.5 Å². The maximum atomic E-state index is 12.7. The molecule has 4 aromatic rings. The third-order valence-electron chi connectivity index (χ3n) is 8.69. The Balaban J connectivity index is 1.31. The molecule has 1 aliphatic rings. The number of carbonyl (C=O) groups is 2. The van der Waals surface area contributed by atoms with E-state index in [1.807, 2.05) is 103 Å². The van der Waals surface area contributed by atoms with E-state index in [2.05, 4.69) is 41.3 Å². The summed E-state index contributed by atoms with van der Waals surface area (Å²) in [4.78, 5) is 27.1. The number of Topliss-reactive ketones (excluding diaryl/α,β-unsaturated/α-hetero) is 1. The second kappa shape index (κ2) is 17.0. The number of rotatable bonds is 14. The summed E-state index contributed by atoms with van der Waals surface area (Å²) in [7, 11) is 2.06. The number of amides is 2. The molecule has 8 heteroatoms. The fraction of sp³-hybridized carbons (Fsp3) is 0.300. The lowest BCUT2D eigenvalue weighted by molar-refractivity contribution is -0.263. The van der Waals surface area contributed by atoms with Gasteiger partial charge >= 0.3 is 6.03 Å². The van der Waals surface area contributed by atoms with Crippen LogP contribution < -0.4 is 10.6 Å². The van der Waals surface area contributed by atoms with E-state index < -0.39 is 18.4 Å². The Kier molecular flexibility index (Phi) is 12.3. The summed E-state index contributed by atoms with van der Waals surface area (Å²) in [5, 5.41) is 15.3. The summed E-state index contributed by atoms with van der Waals surface area (Å²) in [6.07, 6.45) is 1.18. The average Bonchev–Trinajstić information content (AvgIpc) is 3.11. The van der Waals surface area contributed by atoms with Gasteiger partial charge in [0.1, 0.15) is 0 Å². The number of nitrogens with one attached hydrogen (secondary N) is 2. The molecule has 8 nitrogen and oxygen atoms in total. The minimum absolute atomic E-state index is 0.0253. The fourth-order valence-corrected chi connectivity index (χ4v) is 6.10. The van der Waals surface area contributed by atoms with E-state index in [4.69, 9.17) is 9.47 Å². The monoisotopic (exact) mass is 647 g/mol. The number of carbonyl (C=O) groups excluding carboxylic acids is 2. The fourth-order valence-electron chi connectivity index (χ4n) is 6.10. The highest BCUT2D eigenvalue weighted by molar-refractivity contribution is 5.87. The van der Waals surface area contributed by atoms with Crippen LogP contribution in [0.1, 0.15) is 58.6 Å². The van der Waals surface area contributed by atoms with E-state index in [1.54, 1.807) is 0 Å². The van der Waals surface area contributed by atoms with Crippen molar-refractivity contribution in [1.29, 1.82) is 0 Å². The SMILES string of the molecule is C=CCN(C)CC1OC(c2ccc(CNC(=O)NC(Cc3ccccc3)C(C)=O)cc2)OC(c2ccc(CO)cc2)C1c1ccccc1. The zero-order chi connectivity index (χ0) is 33.9. The van der Waals surface area contributed by atoms with Crippen LogP contribution in [0.15, 0.2) is 122 Å². The smallest absolute Gasteiger partial charge is 0.315 e. The molecule has 250 valence electrons. The lowest BCUT2D eigenvalue weighted by Gasteiger charge is -2.44. The first-order chi connectivity index (χ1) is 23.3. The summed E-state index contributed by atoms with van der Waals surface area (Å²) in [5.74, 6) is -0.186. The zero-order valence-electron chi connectivity index (χ0n) is 27.6. The Labute approximate surface area is 283 Å². The van der Waals surface area contributed by atoms with E-state index in [9.17, 15) is 14.7 Å². The molecule has 0 spiro atoms. The Hall–Kier alpha value is -4.60. The summed E-state index contributed by atoms with van der Waals surface area (Å²) in [6.45, 7) is 7.05. The number of ketones is 1. The maximum Gasteiger partial charge on any atom is 0.315 e. The molecule has 1 heterocycles. The molecule has 5 rings (SSSR count). The molecule has 0 saturated carbocycles. The number of hydrogen-bond donors (Lipinski definition) is 3. The summed E-state index contributed by atoms with van der Waals surface area (Å²) in [6, 6.07) is 34.7. The minimum Gasteiger partial charge on any atom is -0.392 e. The van der Waals surface area contributed by atoms with Gasteiger partial charge in [-0.3, -0.25) is 4.79 Å². The molecule has 1 aliphatic heterocycles. The molecule has 48 heavy (non-hydrogen) atoms. The maximum absolute atomic E-state index is 12.7. The van der Waals surface area contributed by atoms with Crippen molar-refractivity contribution in [1.82, 2.24) is 15.5 Å². The predicted octanol–water partition coefficient (Wildman–Crippen LogP) is 6.24. The van der Waals surface area contributed by atoms with Crippen molar-refractivity contribution in [3.05, 3.63) is 155 Å². The Bertz CT molecular complexity index is 1610. The highest BCUT2D eigenvalue weighted by atomic mass is 16.7. The molecule has 5 atom stereocenters. The molecule has 1 fully saturated rings. The molecule has 0 aromatic heterocycles. The molecular formula is C40H45N3O5. The third-order valence-corrected chi connectivity index (χ3v) is 8.69. The van der Waals surface area contributed by atoms with Crippen molar-refractivity contribution >= 4 is 11.8 Å². The largest absolute Gasteiger partial charge is 0.392 e. The lowest BCUT2D eigenvalue weighted by Crippen LogP contribution is -2.46. The molecule has 1 saturated heterocycles. The number of aliphatic hydroxyl groups excluding tert-OH is 1. The first-order valence-corrected chi connectivity index (χ1v) is 16.4. The number of benzene rings is 4. The van der Waals surface area contributed by atoms with Crippen LogP contribution >= 0.6 is 0 Å². The number of likely N-dealkylation sites (N-methyl/N-ethyl adjacent to an activating group) is 1. The van der Waals surface area contributed by atoms with Crippen molar-refractivity contribution in [2.75, 3.05) is 20.1 Å². The number of urea groups is 1. The second-order valence-electron chi connectivity index (χ2n) is 12.3. The van der Waals surface area contributed by atoms with Gasteiger partial charge in [0.05, 0.1) is 24.9 Å². The van der Waals surface area contributed by atoms with Gasteiger partial charge in [-0.2, -0.15) is 0 Å². The predicted molar refractivity (Wildman–Crippen MR) is 187 cm³/mol. The summed E-state index contributed by atoms with van der Waals surface area (Å²) >= 11 is 0. The van der Waals surface area contributed by atoms with Gasteiger partial charge in [-0.05, 0) is 48.2 Å². The zero-order valence-corrected chi connectivity index (χ0v) is 27.6. The second-order valence-corrected chi connectivity index (χ2v) is 12.3. The molecule has 0 aliphatic carbocycles. The number of hydrogen-bond acceptors (Lipinski definition) is 6. The van der Waals surface area contributed by atoms with E-state index >= 15 is 0 Å². The molecule has 4 aromatic carbocycles. The van der Waals surface area contributed by atoms with Crippen LogP contribution in [0.5, 0.6) is 0 Å². The molecule has 2 amide bonds. The van der Waals surface area contributed by atoms with Gasteiger partial charge in [-0.25, -0.2) is 4.79 Å². The van der Waals surface area contributed by atoms with Gasteiger partial charge in [-0.15, -0.1) is 6.58 Å². The molecule has 3 N–H and O–H groups in total. The highest BCUT2D eigenvalue weighted by Gasteiger charge is 2.42. The molecule has 5 unspecified atom stereocenters. The topological polar surface area (TPSA) is 100 Å². The van der Waals surface area contributed by atoms with Crippen molar-refractivity contribution in [3.63, 3.8) is 0 Å². The van der Waals surface area contributed by atoms with Crippen LogP contribution in [-0.4, -0.2) is 54.1 Å². The van der Waals surface area contributed by atoms with Crippen LogP contribution in [0.2, 0.25) is 0 Å². The van der Waals surface area contributed by atoms with Gasteiger partial charge in [0.15, 0.2) is 12.1 Å². The van der Waals surface area contributed by atoms with Gasteiger partial charge < -0.3 is 30.1 Å². The number of aliphatic hydroxyl groups is 1. The Morgan fingerprint density at radius 1 is 0.833 bits per heavy atom. The lowest BCUT2D eigenvalue weighted by atomic mass is 9.83. The highest BCUT2D eigenvalue weighted by Crippen LogP contribution is 2.47. The molecular weight excluding hydrogens is 602 g/mol. The van der Waals surface area contributed by atoms with Crippen LogP contribution in [0.3, 0.4) is 0 Å². The van der Waals surface area contributed by atoms with E-state index in [-0.39, 0.29) is 30.5 Å². The standard InChI is InChI=1S/C40H45N3O5/c1-4-23-43(3)26-36-37(32-13-9-6-10-14-32)38(33-19-17-31(27-44)18-20-33)48-39(47-36)34-21-15-30(16-22-34)25-41-40(46)42-35(28(2)45)24-29-11-7-5-8-12-29/h4-22,35-39,44H,1,23-27H2,2-3H3,(H2,41,42,46). The van der Waals surface area contributed by atoms with Crippen molar-refractivity contribution < 1.29 is 24.2 Å². The van der Waals surface area contributed by atoms with Crippen molar-refractivity contribution in [2.24, 2.45) is 0 Å². The number of nitrogens with zero attached hydrogens (tertiary/aromatic N) is 1. The average molecular weight is 648 g/mol. The van der Waals surface area contributed by atoms with Gasteiger partial charge in [-0.1, -0.05) is 115 Å². The van der Waals surface area contributed by atoms with Crippen LogP contribution in [0.25, 0.3) is 0 Å². The third kappa shape index (κ3) is 9.27. The van der Waals surface area contributed by atoms with Gasteiger partial charge in [0.25, 0.3) is 0 Å². The first kappa shape index (κ1) is 34.7.